The maximum absolute atomic E-state index is 12.7. The van der Waals surface area contributed by atoms with Crippen LogP contribution in [0.2, 0.25) is 0 Å². The molecule has 1 aromatic carbocycles. The standard InChI is InChI=1S/C21H19F3N4O3/c1-11(31-21(22,23)24)12-2-3-15-16(4-5-26-17(15)7-12)20(30)27-10-19(29)28-14(9-25)6-13-8-18(13)28/h2-5,7,11,13-14,18H,6,8,10H2,1H3,(H,27,30)/t11?,13-,14+,18+/m1/s1. The van der Waals surface area contributed by atoms with E-state index in [1.165, 1.54) is 37.4 Å². The van der Waals surface area contributed by atoms with Crippen molar-refractivity contribution in [3.63, 3.8) is 0 Å². The number of rotatable bonds is 5. The number of carbonyl (C=O) groups excluding carboxylic acids is 2. The van der Waals surface area contributed by atoms with Gasteiger partial charge in [0.05, 0.1) is 29.8 Å². The van der Waals surface area contributed by atoms with Crippen molar-refractivity contribution in [3.8, 4) is 6.07 Å². The maximum atomic E-state index is 12.7. The first-order valence-corrected chi connectivity index (χ1v) is 9.80. The Labute approximate surface area is 175 Å². The molecule has 1 saturated heterocycles. The molecule has 10 heteroatoms. The molecule has 4 rings (SSSR count). The van der Waals surface area contributed by atoms with E-state index in [2.05, 4.69) is 21.1 Å². The number of piperidine rings is 1. The van der Waals surface area contributed by atoms with Crippen molar-refractivity contribution in [1.29, 1.82) is 5.26 Å². The summed E-state index contributed by atoms with van der Waals surface area (Å²) in [6.07, 6.45) is -3.06. The largest absolute Gasteiger partial charge is 0.523 e. The lowest BCUT2D eigenvalue weighted by Crippen LogP contribution is -2.44. The summed E-state index contributed by atoms with van der Waals surface area (Å²) in [6.45, 7) is 1.03. The number of fused-ring (bicyclic) bond motifs is 2. The molecular weight excluding hydrogens is 413 g/mol. The molecule has 0 radical (unpaired) electrons. The van der Waals surface area contributed by atoms with Crippen molar-refractivity contribution in [3.05, 3.63) is 41.6 Å². The van der Waals surface area contributed by atoms with Crippen molar-refractivity contribution in [2.75, 3.05) is 6.54 Å². The first kappa shape index (κ1) is 21.1. The number of alkyl halides is 3. The van der Waals surface area contributed by atoms with E-state index < -0.39 is 24.4 Å². The molecular formula is C21H19F3N4O3. The van der Waals surface area contributed by atoms with Crippen molar-refractivity contribution in [1.82, 2.24) is 15.2 Å². The molecule has 1 aromatic heterocycles. The Kier molecular flexibility index (Phi) is 5.31. The minimum Gasteiger partial charge on any atom is -0.343 e. The second-order valence-corrected chi connectivity index (χ2v) is 7.77. The van der Waals surface area contributed by atoms with Crippen LogP contribution in [0.4, 0.5) is 13.2 Å². The van der Waals surface area contributed by atoms with Crippen molar-refractivity contribution >= 4 is 22.7 Å². The number of halogens is 3. The average molecular weight is 432 g/mol. The predicted molar refractivity (Wildman–Crippen MR) is 102 cm³/mol. The number of benzene rings is 1. The molecule has 0 spiro atoms. The first-order chi connectivity index (χ1) is 14.7. The van der Waals surface area contributed by atoms with Gasteiger partial charge in [0.2, 0.25) is 5.91 Å². The number of nitrogens with zero attached hydrogens (tertiary/aromatic N) is 3. The van der Waals surface area contributed by atoms with Crippen LogP contribution in [0.1, 0.15) is 41.8 Å². The predicted octanol–water partition coefficient (Wildman–Crippen LogP) is 3.07. The van der Waals surface area contributed by atoms with E-state index in [4.69, 9.17) is 0 Å². The highest BCUT2D eigenvalue weighted by atomic mass is 19.4. The van der Waals surface area contributed by atoms with Gasteiger partial charge in [-0.15, -0.1) is 13.2 Å². The Morgan fingerprint density at radius 2 is 2.13 bits per heavy atom. The molecule has 0 bridgehead atoms. The van der Waals surface area contributed by atoms with Crippen LogP contribution in [0.15, 0.2) is 30.5 Å². The highest BCUT2D eigenvalue weighted by Crippen LogP contribution is 2.47. The van der Waals surface area contributed by atoms with Gasteiger partial charge in [-0.05, 0) is 43.4 Å². The normalized spacial score (nSPS) is 23.2. The van der Waals surface area contributed by atoms with Crippen LogP contribution >= 0.6 is 0 Å². The number of likely N-dealkylation sites (tertiary alicyclic amines) is 1. The summed E-state index contributed by atoms with van der Waals surface area (Å²) in [4.78, 5) is 30.9. The Morgan fingerprint density at radius 3 is 2.84 bits per heavy atom. The lowest BCUT2D eigenvalue weighted by atomic mass is 10.0. The summed E-state index contributed by atoms with van der Waals surface area (Å²) in [5.41, 5.74) is 0.843. The van der Waals surface area contributed by atoms with Crippen LogP contribution < -0.4 is 5.32 Å². The third-order valence-electron chi connectivity index (χ3n) is 5.73. The molecule has 162 valence electrons. The van der Waals surface area contributed by atoms with Gasteiger partial charge in [-0.2, -0.15) is 5.26 Å². The molecule has 1 saturated carbocycles. The van der Waals surface area contributed by atoms with E-state index in [9.17, 15) is 28.0 Å². The summed E-state index contributed by atoms with van der Waals surface area (Å²) in [5.74, 6) is -0.428. The van der Waals surface area contributed by atoms with Crippen LogP contribution in [0.25, 0.3) is 10.9 Å². The molecule has 1 aliphatic heterocycles. The highest BCUT2D eigenvalue weighted by Gasteiger charge is 2.53. The number of ether oxygens (including phenoxy) is 1. The van der Waals surface area contributed by atoms with E-state index in [1.54, 1.807) is 4.90 Å². The number of hydrogen-bond donors (Lipinski definition) is 1. The minimum atomic E-state index is -4.77. The van der Waals surface area contributed by atoms with Gasteiger partial charge in [0.1, 0.15) is 6.04 Å². The zero-order valence-corrected chi connectivity index (χ0v) is 16.5. The van der Waals surface area contributed by atoms with E-state index in [-0.39, 0.29) is 29.6 Å². The quantitative estimate of drug-likeness (QED) is 0.784. The van der Waals surface area contributed by atoms with Gasteiger partial charge in [0.15, 0.2) is 0 Å². The second-order valence-electron chi connectivity index (χ2n) is 7.77. The summed E-state index contributed by atoms with van der Waals surface area (Å²) < 4.78 is 41.4. The number of hydrogen-bond acceptors (Lipinski definition) is 5. The van der Waals surface area contributed by atoms with Gasteiger partial charge >= 0.3 is 6.36 Å². The third-order valence-corrected chi connectivity index (χ3v) is 5.73. The van der Waals surface area contributed by atoms with Crippen LogP contribution in [-0.4, -0.2) is 46.7 Å². The fourth-order valence-corrected chi connectivity index (χ4v) is 4.16. The molecule has 4 atom stereocenters. The molecule has 2 aromatic rings. The lowest BCUT2D eigenvalue weighted by Gasteiger charge is -2.22. The molecule has 1 N–H and O–H groups in total. The molecule has 2 heterocycles. The molecule has 2 amide bonds. The van der Waals surface area contributed by atoms with E-state index in [0.29, 0.717) is 23.2 Å². The van der Waals surface area contributed by atoms with E-state index in [0.717, 1.165) is 6.42 Å². The van der Waals surface area contributed by atoms with Crippen molar-refractivity contribution < 1.29 is 27.5 Å². The molecule has 1 aliphatic carbocycles. The average Bonchev–Trinajstić information content (AvgIpc) is 3.39. The molecule has 1 unspecified atom stereocenters. The van der Waals surface area contributed by atoms with Gasteiger partial charge in [-0.1, -0.05) is 12.1 Å². The SMILES string of the molecule is CC(OC(F)(F)F)c1ccc2c(C(=O)NCC(=O)N3[C@H](C#N)C[C@@H]4C[C@@H]43)ccnc2c1. The lowest BCUT2D eigenvalue weighted by molar-refractivity contribution is -0.342. The summed E-state index contributed by atoms with van der Waals surface area (Å²) in [5, 5.41) is 12.2. The molecule has 31 heavy (non-hydrogen) atoms. The summed E-state index contributed by atoms with van der Waals surface area (Å²) >= 11 is 0. The fourth-order valence-electron chi connectivity index (χ4n) is 4.16. The van der Waals surface area contributed by atoms with E-state index >= 15 is 0 Å². The second kappa shape index (κ2) is 7.81. The number of amides is 2. The molecule has 2 fully saturated rings. The Morgan fingerprint density at radius 1 is 1.35 bits per heavy atom. The highest BCUT2D eigenvalue weighted by molar-refractivity contribution is 6.07. The third kappa shape index (κ3) is 4.32. The van der Waals surface area contributed by atoms with Crippen LogP contribution in [-0.2, 0) is 9.53 Å². The molecule has 7 nitrogen and oxygen atoms in total. The number of carbonyl (C=O) groups is 2. The Bertz CT molecular complexity index is 1080. The first-order valence-electron chi connectivity index (χ1n) is 9.80. The van der Waals surface area contributed by atoms with Gasteiger partial charge < -0.3 is 10.2 Å². The van der Waals surface area contributed by atoms with Gasteiger partial charge in [-0.3, -0.25) is 19.3 Å². The number of nitrogens with one attached hydrogen (secondary N) is 1. The van der Waals surface area contributed by atoms with Crippen LogP contribution in [0, 0.1) is 17.2 Å². The van der Waals surface area contributed by atoms with Crippen LogP contribution in [0.5, 0.6) is 0 Å². The van der Waals surface area contributed by atoms with Crippen molar-refractivity contribution in [2.24, 2.45) is 5.92 Å². The van der Waals surface area contributed by atoms with E-state index in [1.807, 2.05) is 0 Å². The minimum absolute atomic E-state index is 0.0927. The fraction of sp³-hybridized carbons (Fsp3) is 0.429. The smallest absolute Gasteiger partial charge is 0.343 e. The topological polar surface area (TPSA) is 95.3 Å². The Balaban J connectivity index is 1.47. The Hall–Kier alpha value is -3.19. The molecule has 2 aliphatic rings. The summed E-state index contributed by atoms with van der Waals surface area (Å²) in [7, 11) is 0. The summed E-state index contributed by atoms with van der Waals surface area (Å²) in [6, 6.07) is 7.63. The van der Waals surface area contributed by atoms with Gasteiger partial charge in [0, 0.05) is 17.6 Å². The maximum Gasteiger partial charge on any atom is 0.523 e. The van der Waals surface area contributed by atoms with Crippen molar-refractivity contribution in [2.45, 2.75) is 44.3 Å². The van der Waals surface area contributed by atoms with Crippen LogP contribution in [0.3, 0.4) is 0 Å². The number of pyridine rings is 1. The zero-order chi connectivity index (χ0) is 22.3. The number of nitriles is 1. The van der Waals surface area contributed by atoms with Gasteiger partial charge in [-0.25, -0.2) is 0 Å². The number of aromatic nitrogens is 1. The van der Waals surface area contributed by atoms with Gasteiger partial charge in [0.25, 0.3) is 5.91 Å². The zero-order valence-electron chi connectivity index (χ0n) is 16.5. The monoisotopic (exact) mass is 432 g/mol.